The van der Waals surface area contributed by atoms with E-state index in [0.717, 1.165) is 6.26 Å². The molecule has 0 unspecified atom stereocenters. The van der Waals surface area contributed by atoms with Crippen LogP contribution < -0.4 is 4.72 Å². The highest BCUT2D eigenvalue weighted by Crippen LogP contribution is 1.96. The SMILES string of the molecule is CS(=O)(=O)CS(=O)(=O)NCCS(=O)(=O)Cl. The highest BCUT2D eigenvalue weighted by atomic mass is 35.7. The summed E-state index contributed by atoms with van der Waals surface area (Å²) in [5, 5.41) is -1.08. The van der Waals surface area contributed by atoms with Crippen LogP contribution in [0.4, 0.5) is 0 Å². The number of nitrogens with one attached hydrogen (secondary N) is 1. The monoisotopic (exact) mass is 299 g/mol. The zero-order valence-electron chi connectivity index (χ0n) is 7.67. The molecule has 0 aliphatic carbocycles. The Labute approximate surface area is 93.2 Å². The maximum atomic E-state index is 11.0. The van der Waals surface area contributed by atoms with Crippen molar-refractivity contribution in [1.82, 2.24) is 4.72 Å². The van der Waals surface area contributed by atoms with Crippen LogP contribution >= 0.6 is 10.7 Å². The highest BCUT2D eigenvalue weighted by Gasteiger charge is 2.18. The first-order valence-corrected chi connectivity index (χ1v) is 9.68. The molecule has 0 saturated carbocycles. The summed E-state index contributed by atoms with van der Waals surface area (Å²) < 4.78 is 65.9. The molecule has 0 amide bonds. The second-order valence-electron chi connectivity index (χ2n) is 2.80. The van der Waals surface area contributed by atoms with Crippen LogP contribution in [0.3, 0.4) is 0 Å². The number of rotatable bonds is 6. The smallest absolute Gasteiger partial charge is 0.228 e. The van der Waals surface area contributed by atoms with Gasteiger partial charge in [-0.2, -0.15) is 0 Å². The van der Waals surface area contributed by atoms with Crippen molar-refractivity contribution in [2.75, 3.05) is 23.6 Å². The predicted octanol–water partition coefficient (Wildman–Crippen LogP) is -1.52. The molecule has 92 valence electrons. The van der Waals surface area contributed by atoms with Crippen molar-refractivity contribution in [2.24, 2.45) is 0 Å². The van der Waals surface area contributed by atoms with Crippen LogP contribution in [0.25, 0.3) is 0 Å². The molecule has 0 spiro atoms. The zero-order valence-corrected chi connectivity index (χ0v) is 10.9. The van der Waals surface area contributed by atoms with Crippen LogP contribution in [0, 0.1) is 0 Å². The number of sulfonamides is 1. The van der Waals surface area contributed by atoms with E-state index in [0.29, 0.717) is 0 Å². The Hall–Kier alpha value is 0.1000. The van der Waals surface area contributed by atoms with Crippen molar-refractivity contribution in [3.8, 4) is 0 Å². The molecule has 0 aliphatic heterocycles. The van der Waals surface area contributed by atoms with Crippen LogP contribution in [-0.2, 0) is 28.9 Å². The molecule has 0 aliphatic rings. The minimum absolute atomic E-state index is 0.455. The predicted molar refractivity (Wildman–Crippen MR) is 56.3 cm³/mol. The van der Waals surface area contributed by atoms with Crippen molar-refractivity contribution in [3.63, 3.8) is 0 Å². The summed E-state index contributed by atoms with van der Waals surface area (Å²) in [5.41, 5.74) is 0. The van der Waals surface area contributed by atoms with Crippen molar-refractivity contribution < 1.29 is 25.3 Å². The molecule has 0 fully saturated rings. The Balaban J connectivity index is 4.32. The van der Waals surface area contributed by atoms with Gasteiger partial charge >= 0.3 is 0 Å². The molecule has 7 nitrogen and oxygen atoms in total. The van der Waals surface area contributed by atoms with Gasteiger partial charge in [0, 0.05) is 23.5 Å². The molecule has 0 aromatic carbocycles. The Morgan fingerprint density at radius 1 is 1.07 bits per heavy atom. The van der Waals surface area contributed by atoms with Gasteiger partial charge < -0.3 is 0 Å². The second kappa shape index (κ2) is 4.95. The molecule has 0 radical (unpaired) electrons. The van der Waals surface area contributed by atoms with Crippen molar-refractivity contribution in [3.05, 3.63) is 0 Å². The first-order valence-electron chi connectivity index (χ1n) is 3.49. The van der Waals surface area contributed by atoms with Crippen LogP contribution in [-0.4, -0.2) is 48.9 Å². The lowest BCUT2D eigenvalue weighted by Crippen LogP contribution is -2.32. The lowest BCUT2D eigenvalue weighted by atomic mass is 10.8. The molecule has 0 bridgehead atoms. The first-order chi connectivity index (χ1) is 6.41. The molecule has 0 aromatic rings. The van der Waals surface area contributed by atoms with E-state index in [9.17, 15) is 25.3 Å². The standard InChI is InChI=1S/C4H10ClNO6S3/c1-13(7,8)4-15(11,12)6-2-3-14(5,9)10/h6H,2-4H2,1H3. The minimum Gasteiger partial charge on any atom is -0.228 e. The van der Waals surface area contributed by atoms with Gasteiger partial charge in [-0.1, -0.05) is 0 Å². The van der Waals surface area contributed by atoms with E-state index < -0.39 is 46.3 Å². The van der Waals surface area contributed by atoms with Crippen LogP contribution in [0.5, 0.6) is 0 Å². The fourth-order valence-electron chi connectivity index (χ4n) is 0.643. The van der Waals surface area contributed by atoms with Crippen LogP contribution in [0.2, 0.25) is 0 Å². The van der Waals surface area contributed by atoms with Gasteiger partial charge in [0.2, 0.25) is 19.1 Å². The summed E-state index contributed by atoms with van der Waals surface area (Å²) in [4.78, 5) is 0. The van der Waals surface area contributed by atoms with Crippen LogP contribution in [0.15, 0.2) is 0 Å². The van der Waals surface area contributed by atoms with Crippen molar-refractivity contribution in [2.45, 2.75) is 0 Å². The van der Waals surface area contributed by atoms with Gasteiger partial charge in [-0.15, -0.1) is 0 Å². The van der Waals surface area contributed by atoms with Gasteiger partial charge in [-0.3, -0.25) is 0 Å². The van der Waals surface area contributed by atoms with Gasteiger partial charge in [0.1, 0.15) is 0 Å². The lowest BCUT2D eigenvalue weighted by molar-refractivity contribution is 0.582. The minimum atomic E-state index is -4.02. The zero-order chi connectivity index (χ0) is 12.3. The normalized spacial score (nSPS) is 14.0. The van der Waals surface area contributed by atoms with E-state index >= 15 is 0 Å². The fourth-order valence-corrected chi connectivity index (χ4v) is 4.35. The molecule has 11 heteroatoms. The molecule has 0 rings (SSSR count). The van der Waals surface area contributed by atoms with E-state index in [2.05, 4.69) is 0 Å². The fraction of sp³-hybridized carbons (Fsp3) is 1.00. The van der Waals surface area contributed by atoms with Gasteiger partial charge in [-0.05, 0) is 0 Å². The maximum absolute atomic E-state index is 11.0. The highest BCUT2D eigenvalue weighted by molar-refractivity contribution is 8.13. The summed E-state index contributed by atoms with van der Waals surface area (Å²) in [5.74, 6) is -0.600. The van der Waals surface area contributed by atoms with E-state index in [1.54, 1.807) is 4.72 Å². The average Bonchev–Trinajstić information content (AvgIpc) is 1.75. The number of sulfone groups is 1. The molecule has 0 saturated heterocycles. The first kappa shape index (κ1) is 15.1. The summed E-state index contributed by atoms with van der Waals surface area (Å²) in [7, 11) is -6.68. The van der Waals surface area contributed by atoms with Crippen molar-refractivity contribution >= 4 is 39.6 Å². The van der Waals surface area contributed by atoms with E-state index in [1.165, 1.54) is 0 Å². The number of hydrogen-bond acceptors (Lipinski definition) is 6. The summed E-state index contributed by atoms with van der Waals surface area (Å²) >= 11 is 0. The summed E-state index contributed by atoms with van der Waals surface area (Å²) in [6, 6.07) is 0. The average molecular weight is 300 g/mol. The molecule has 0 heterocycles. The van der Waals surface area contributed by atoms with E-state index in [4.69, 9.17) is 10.7 Å². The third-order valence-corrected chi connectivity index (χ3v) is 5.79. The Bertz CT molecular complexity index is 503. The van der Waals surface area contributed by atoms with Gasteiger partial charge in [0.15, 0.2) is 14.9 Å². The van der Waals surface area contributed by atoms with E-state index in [-0.39, 0.29) is 0 Å². The lowest BCUT2D eigenvalue weighted by Gasteiger charge is -2.03. The Kier molecular flexibility index (Phi) is 4.99. The second-order valence-corrected chi connectivity index (χ2v) is 10.0. The third kappa shape index (κ3) is 10.4. The van der Waals surface area contributed by atoms with Gasteiger partial charge in [0.05, 0.1) is 5.75 Å². The number of halogens is 1. The van der Waals surface area contributed by atoms with Crippen LogP contribution in [0.1, 0.15) is 0 Å². The van der Waals surface area contributed by atoms with Gasteiger partial charge in [0.25, 0.3) is 0 Å². The summed E-state index contributed by atoms with van der Waals surface area (Å²) in [6.07, 6.45) is 0.754. The third-order valence-electron chi connectivity index (χ3n) is 1.04. The molecule has 0 aromatic heterocycles. The Morgan fingerprint density at radius 2 is 1.53 bits per heavy atom. The van der Waals surface area contributed by atoms with Gasteiger partial charge in [-0.25, -0.2) is 30.0 Å². The number of hydrogen-bond donors (Lipinski definition) is 1. The maximum Gasteiger partial charge on any atom is 0.233 e. The van der Waals surface area contributed by atoms with E-state index in [1.807, 2.05) is 0 Å². The molecule has 0 atom stereocenters. The molecular weight excluding hydrogens is 290 g/mol. The molecular formula is C4H10ClNO6S3. The Morgan fingerprint density at radius 3 is 1.87 bits per heavy atom. The molecule has 15 heavy (non-hydrogen) atoms. The molecule has 1 N–H and O–H groups in total. The topological polar surface area (TPSA) is 114 Å². The largest absolute Gasteiger partial charge is 0.233 e. The summed E-state index contributed by atoms with van der Waals surface area (Å²) in [6.45, 7) is -0.455. The quantitative estimate of drug-likeness (QED) is 0.596. The van der Waals surface area contributed by atoms with Crippen molar-refractivity contribution in [1.29, 1.82) is 0 Å².